The summed E-state index contributed by atoms with van der Waals surface area (Å²) < 4.78 is 13.8. The van der Waals surface area contributed by atoms with Crippen molar-refractivity contribution in [2.45, 2.75) is 20.1 Å². The average molecular weight is 283 g/mol. The van der Waals surface area contributed by atoms with Gasteiger partial charge in [0.2, 0.25) is 0 Å². The molecule has 3 rings (SSSR count). The Morgan fingerprint density at radius 1 is 0.857 bits per heavy atom. The van der Waals surface area contributed by atoms with Crippen LogP contribution in [0.5, 0.6) is 0 Å². The van der Waals surface area contributed by atoms with E-state index in [1.807, 2.05) is 13.8 Å². The van der Waals surface area contributed by atoms with Crippen molar-refractivity contribution in [1.82, 2.24) is 4.57 Å². The fraction of sp³-hybridized carbons (Fsp3) is 0.333. The number of fused-ring (bicyclic) bond motifs is 3. The summed E-state index contributed by atoms with van der Waals surface area (Å²) in [5.74, 6) is 0. The van der Waals surface area contributed by atoms with Gasteiger partial charge in [-0.05, 0) is 26.0 Å². The molecule has 1 heterocycles. The van der Waals surface area contributed by atoms with Crippen LogP contribution in [0.4, 0.5) is 0 Å². The van der Waals surface area contributed by atoms with Gasteiger partial charge in [-0.1, -0.05) is 36.4 Å². The van der Waals surface area contributed by atoms with E-state index in [0.29, 0.717) is 19.8 Å². The highest BCUT2D eigenvalue weighted by molar-refractivity contribution is 6.08. The number of aromatic nitrogens is 1. The van der Waals surface area contributed by atoms with Gasteiger partial charge in [0.15, 0.2) is 6.23 Å². The van der Waals surface area contributed by atoms with E-state index in [9.17, 15) is 0 Å². The lowest BCUT2D eigenvalue weighted by Crippen LogP contribution is -2.18. The van der Waals surface area contributed by atoms with E-state index in [4.69, 9.17) is 9.47 Å². The molecule has 0 radical (unpaired) electrons. The maximum Gasteiger partial charge on any atom is 0.157 e. The molecule has 0 N–H and O–H groups in total. The van der Waals surface area contributed by atoms with Crippen LogP contribution in [0.15, 0.2) is 48.5 Å². The molecule has 1 unspecified atom stereocenters. The summed E-state index contributed by atoms with van der Waals surface area (Å²) in [4.78, 5) is 0. The smallest absolute Gasteiger partial charge is 0.157 e. The molecule has 1 aromatic heterocycles. The van der Waals surface area contributed by atoms with Gasteiger partial charge in [0, 0.05) is 24.0 Å². The predicted octanol–water partition coefficient (Wildman–Crippen LogP) is 4.37. The number of ether oxygens (including phenoxy) is 2. The highest BCUT2D eigenvalue weighted by Crippen LogP contribution is 2.32. The van der Waals surface area contributed by atoms with Crippen molar-refractivity contribution in [3.63, 3.8) is 0 Å². The van der Waals surface area contributed by atoms with Gasteiger partial charge in [-0.2, -0.15) is 0 Å². The number of para-hydroxylation sites is 2. The Hall–Kier alpha value is -1.84. The molecule has 3 nitrogen and oxygen atoms in total. The first-order valence-electron chi connectivity index (χ1n) is 7.53. The van der Waals surface area contributed by atoms with Crippen molar-refractivity contribution in [1.29, 1.82) is 0 Å². The highest BCUT2D eigenvalue weighted by Gasteiger charge is 2.18. The molecule has 1 atom stereocenters. The largest absolute Gasteiger partial charge is 0.377 e. The highest BCUT2D eigenvalue weighted by atomic mass is 16.5. The van der Waals surface area contributed by atoms with Crippen molar-refractivity contribution in [3.05, 3.63) is 48.5 Å². The molecule has 0 amide bonds. The van der Waals surface area contributed by atoms with Gasteiger partial charge in [0.1, 0.15) is 0 Å². The van der Waals surface area contributed by atoms with Crippen LogP contribution < -0.4 is 0 Å². The molecule has 110 valence electrons. The summed E-state index contributed by atoms with van der Waals surface area (Å²) in [7, 11) is 0. The fourth-order valence-corrected chi connectivity index (χ4v) is 2.87. The second-order valence-electron chi connectivity index (χ2n) is 4.97. The molecule has 0 aliphatic heterocycles. The molecule has 3 heteroatoms. The summed E-state index contributed by atoms with van der Waals surface area (Å²) in [6.45, 7) is 5.95. The maximum absolute atomic E-state index is 5.94. The molecule has 0 aliphatic rings. The van der Waals surface area contributed by atoms with Crippen LogP contribution >= 0.6 is 0 Å². The number of hydrogen-bond donors (Lipinski definition) is 0. The molecule has 3 aromatic rings. The van der Waals surface area contributed by atoms with E-state index >= 15 is 0 Å². The van der Waals surface area contributed by atoms with Gasteiger partial charge in [-0.3, -0.25) is 0 Å². The van der Waals surface area contributed by atoms with Crippen molar-refractivity contribution in [2.24, 2.45) is 0 Å². The van der Waals surface area contributed by atoms with Crippen LogP contribution in [0.25, 0.3) is 21.8 Å². The minimum atomic E-state index is -0.0975. The lowest BCUT2D eigenvalue weighted by Gasteiger charge is -2.21. The van der Waals surface area contributed by atoms with Crippen LogP contribution in [0, 0.1) is 0 Å². The van der Waals surface area contributed by atoms with Gasteiger partial charge >= 0.3 is 0 Å². The fourth-order valence-electron chi connectivity index (χ4n) is 2.87. The van der Waals surface area contributed by atoms with E-state index < -0.39 is 0 Å². The zero-order chi connectivity index (χ0) is 14.7. The van der Waals surface area contributed by atoms with Crippen LogP contribution in [0.3, 0.4) is 0 Å². The van der Waals surface area contributed by atoms with Crippen LogP contribution in [0.1, 0.15) is 20.1 Å². The van der Waals surface area contributed by atoms with Gasteiger partial charge < -0.3 is 14.0 Å². The van der Waals surface area contributed by atoms with Gasteiger partial charge in [0.25, 0.3) is 0 Å². The molecular weight excluding hydrogens is 262 g/mol. The van der Waals surface area contributed by atoms with Gasteiger partial charge in [0.05, 0.1) is 17.6 Å². The monoisotopic (exact) mass is 283 g/mol. The van der Waals surface area contributed by atoms with E-state index in [1.54, 1.807) is 0 Å². The first-order valence-corrected chi connectivity index (χ1v) is 7.53. The van der Waals surface area contributed by atoms with Crippen molar-refractivity contribution in [2.75, 3.05) is 19.8 Å². The Kier molecular flexibility index (Phi) is 4.23. The zero-order valence-corrected chi connectivity index (χ0v) is 12.6. The SMILES string of the molecule is CCOCC(OCC)n1c2ccccc2c2ccccc21. The molecule has 0 aliphatic carbocycles. The number of rotatable bonds is 6. The summed E-state index contributed by atoms with van der Waals surface area (Å²) >= 11 is 0. The first-order chi connectivity index (χ1) is 10.4. The normalized spacial score (nSPS) is 13.0. The second-order valence-corrected chi connectivity index (χ2v) is 4.97. The van der Waals surface area contributed by atoms with Gasteiger partial charge in [-0.25, -0.2) is 0 Å². The van der Waals surface area contributed by atoms with Crippen molar-refractivity contribution < 1.29 is 9.47 Å². The molecule has 0 bridgehead atoms. The summed E-state index contributed by atoms with van der Waals surface area (Å²) in [6.07, 6.45) is -0.0975. The van der Waals surface area contributed by atoms with Crippen LogP contribution in [-0.2, 0) is 9.47 Å². The van der Waals surface area contributed by atoms with E-state index in [1.165, 1.54) is 21.8 Å². The Morgan fingerprint density at radius 2 is 1.43 bits per heavy atom. The molecule has 0 spiro atoms. The van der Waals surface area contributed by atoms with E-state index in [2.05, 4.69) is 53.1 Å². The maximum atomic E-state index is 5.94. The quantitative estimate of drug-likeness (QED) is 0.670. The minimum Gasteiger partial charge on any atom is -0.377 e. The molecule has 2 aromatic carbocycles. The summed E-state index contributed by atoms with van der Waals surface area (Å²) in [6, 6.07) is 16.9. The minimum absolute atomic E-state index is 0.0975. The Morgan fingerprint density at radius 3 is 1.95 bits per heavy atom. The standard InChI is InChI=1S/C18H21NO2/c1-3-20-13-18(21-4-2)19-16-11-7-5-9-14(16)15-10-6-8-12-17(15)19/h5-12,18H,3-4,13H2,1-2H3. The molecular formula is C18H21NO2. The van der Waals surface area contributed by atoms with Crippen LogP contribution in [-0.4, -0.2) is 24.4 Å². The lowest BCUT2D eigenvalue weighted by atomic mass is 10.2. The lowest BCUT2D eigenvalue weighted by molar-refractivity contribution is -0.0460. The molecule has 21 heavy (non-hydrogen) atoms. The summed E-state index contributed by atoms with van der Waals surface area (Å²) in [5, 5.41) is 2.52. The average Bonchev–Trinajstić information content (AvgIpc) is 2.86. The van der Waals surface area contributed by atoms with Gasteiger partial charge in [-0.15, -0.1) is 0 Å². The molecule has 0 fully saturated rings. The number of hydrogen-bond acceptors (Lipinski definition) is 2. The third-order valence-corrected chi connectivity index (χ3v) is 3.73. The zero-order valence-electron chi connectivity index (χ0n) is 12.6. The van der Waals surface area contributed by atoms with Crippen molar-refractivity contribution >= 4 is 21.8 Å². The third-order valence-electron chi connectivity index (χ3n) is 3.73. The van der Waals surface area contributed by atoms with Crippen molar-refractivity contribution in [3.8, 4) is 0 Å². The van der Waals surface area contributed by atoms with E-state index in [-0.39, 0.29) is 6.23 Å². The number of benzene rings is 2. The molecule has 0 saturated heterocycles. The first kappa shape index (κ1) is 14.1. The summed E-state index contributed by atoms with van der Waals surface area (Å²) in [5.41, 5.74) is 2.38. The topological polar surface area (TPSA) is 23.4 Å². The Balaban J connectivity index is 2.21. The Labute approximate surface area is 125 Å². The predicted molar refractivity (Wildman–Crippen MR) is 86.6 cm³/mol. The third kappa shape index (κ3) is 2.55. The van der Waals surface area contributed by atoms with E-state index in [0.717, 1.165) is 0 Å². The second kappa shape index (κ2) is 6.29. The number of nitrogens with zero attached hydrogens (tertiary/aromatic N) is 1. The van der Waals surface area contributed by atoms with Crippen LogP contribution in [0.2, 0.25) is 0 Å². The molecule has 0 saturated carbocycles. The Bertz CT molecular complexity index is 679.